The molecule has 1 aromatic heterocycles. The Morgan fingerprint density at radius 2 is 1.37 bits per heavy atom. The summed E-state index contributed by atoms with van der Waals surface area (Å²) in [4.78, 5) is 0. The molecular weight excluding hydrogens is 460 g/mol. The Morgan fingerprint density at radius 3 is 2.00 bits per heavy atom. The maximum atomic E-state index is 3.86. The van der Waals surface area contributed by atoms with Crippen LogP contribution in [-0.4, -0.2) is 4.57 Å². The highest BCUT2D eigenvalue weighted by atomic mass is 15.2. The molecule has 0 N–H and O–H groups in total. The molecule has 0 atom stereocenters. The first-order valence-electron chi connectivity index (χ1n) is 14.6. The molecule has 6 rings (SSSR count). The second-order valence-electron chi connectivity index (χ2n) is 14.4. The van der Waals surface area contributed by atoms with E-state index in [1.807, 2.05) is 0 Å². The van der Waals surface area contributed by atoms with E-state index in [9.17, 15) is 0 Å². The third-order valence-corrected chi connectivity index (χ3v) is 9.74. The molecule has 198 valence electrons. The van der Waals surface area contributed by atoms with E-state index in [2.05, 4.69) is 133 Å². The van der Waals surface area contributed by atoms with E-state index in [0.29, 0.717) is 11.8 Å². The average molecular weight is 505 g/mol. The number of imidazole rings is 1. The van der Waals surface area contributed by atoms with E-state index in [4.69, 9.17) is 0 Å². The molecule has 0 unspecified atom stereocenters. The van der Waals surface area contributed by atoms with Gasteiger partial charge < -0.3 is 0 Å². The molecule has 1 aliphatic carbocycles. The summed E-state index contributed by atoms with van der Waals surface area (Å²) >= 11 is 0. The number of rotatable bonds is 3. The molecule has 0 fully saturated rings. The van der Waals surface area contributed by atoms with Gasteiger partial charge in [-0.25, -0.2) is 0 Å². The quantitative estimate of drug-likeness (QED) is 0.194. The van der Waals surface area contributed by atoms with Crippen molar-refractivity contribution in [3.8, 4) is 11.4 Å². The zero-order valence-corrected chi connectivity index (χ0v) is 25.1. The fraction of sp³-hybridized carbons (Fsp3) is 0.472. The number of fused-ring (bicyclic) bond motifs is 4. The van der Waals surface area contributed by atoms with Crippen molar-refractivity contribution in [2.24, 2.45) is 0 Å². The highest BCUT2D eigenvalue weighted by Gasteiger charge is 2.45. The van der Waals surface area contributed by atoms with Gasteiger partial charge in [-0.15, -0.1) is 0 Å². The Labute approximate surface area is 229 Å². The molecule has 1 aliphatic heterocycles. The van der Waals surface area contributed by atoms with E-state index >= 15 is 0 Å². The van der Waals surface area contributed by atoms with Crippen LogP contribution in [0.5, 0.6) is 0 Å². The minimum atomic E-state index is -0.103. The highest BCUT2D eigenvalue weighted by Crippen LogP contribution is 2.53. The van der Waals surface area contributed by atoms with Gasteiger partial charge in [-0.05, 0) is 87.1 Å². The Morgan fingerprint density at radius 1 is 0.737 bits per heavy atom. The van der Waals surface area contributed by atoms with Crippen molar-refractivity contribution in [1.29, 1.82) is 0 Å². The van der Waals surface area contributed by atoms with Gasteiger partial charge in [0.25, 0.3) is 6.33 Å². The number of para-hydroxylation sites is 1. The standard InChI is InChI=1S/C36H44N2/c1-22(2)24-18-25(23(3)4)20-26(19-24)37-21-38-29-15-14-27-31(35(7,8)17-16-34(27,5)6)32(29)36(9,10)28-12-11-13-30(37)33(28)38/h11-15,18-20,22-23H,16-17H2,1-10H3. The topological polar surface area (TPSA) is 8.81 Å². The summed E-state index contributed by atoms with van der Waals surface area (Å²) in [5.74, 6) is 0.953. The van der Waals surface area contributed by atoms with Crippen molar-refractivity contribution in [1.82, 2.24) is 4.57 Å². The van der Waals surface area contributed by atoms with E-state index in [1.165, 1.54) is 63.1 Å². The lowest BCUT2D eigenvalue weighted by atomic mass is 9.58. The normalized spacial score (nSPS) is 18.6. The molecule has 0 spiro atoms. The summed E-state index contributed by atoms with van der Waals surface area (Å²) in [7, 11) is 0. The van der Waals surface area contributed by atoms with Gasteiger partial charge in [-0.3, -0.25) is 9.13 Å². The average Bonchev–Trinajstić information content (AvgIpc) is 3.25. The molecule has 4 aromatic rings. The Hall–Kier alpha value is -2.87. The van der Waals surface area contributed by atoms with Gasteiger partial charge in [0.15, 0.2) is 0 Å². The summed E-state index contributed by atoms with van der Waals surface area (Å²) in [5.41, 5.74) is 14.0. The monoisotopic (exact) mass is 504 g/mol. The molecule has 3 aromatic carbocycles. The van der Waals surface area contributed by atoms with Crippen LogP contribution in [-0.2, 0) is 16.2 Å². The summed E-state index contributed by atoms with van der Waals surface area (Å²) in [6.45, 7) is 23.8. The lowest BCUT2D eigenvalue weighted by Gasteiger charge is -2.47. The maximum absolute atomic E-state index is 3.86. The summed E-state index contributed by atoms with van der Waals surface area (Å²) in [6.07, 6.45) is 6.31. The van der Waals surface area contributed by atoms with Gasteiger partial charge in [0.2, 0.25) is 0 Å². The van der Waals surface area contributed by atoms with Crippen LogP contribution >= 0.6 is 0 Å². The zero-order valence-electron chi connectivity index (χ0n) is 25.1. The largest absolute Gasteiger partial charge is 0.292 e. The van der Waals surface area contributed by atoms with Crippen LogP contribution in [0.1, 0.15) is 127 Å². The molecule has 0 saturated carbocycles. The van der Waals surface area contributed by atoms with Gasteiger partial charge in [-0.1, -0.05) is 99.6 Å². The lowest BCUT2D eigenvalue weighted by molar-refractivity contribution is -0.575. The fourth-order valence-corrected chi connectivity index (χ4v) is 7.18. The fourth-order valence-electron chi connectivity index (χ4n) is 7.18. The second kappa shape index (κ2) is 8.07. The number of hydrogen-bond donors (Lipinski definition) is 0. The molecule has 2 heterocycles. The number of hydrogen-bond acceptors (Lipinski definition) is 0. The van der Waals surface area contributed by atoms with Crippen LogP contribution in [0.25, 0.3) is 22.4 Å². The molecular formula is C36H44N2. The van der Waals surface area contributed by atoms with Gasteiger partial charge in [0.1, 0.15) is 0 Å². The Kier molecular flexibility index (Phi) is 5.40. The van der Waals surface area contributed by atoms with Crippen molar-refractivity contribution in [3.05, 3.63) is 88.2 Å². The van der Waals surface area contributed by atoms with Crippen molar-refractivity contribution in [2.45, 2.75) is 110 Å². The van der Waals surface area contributed by atoms with Gasteiger partial charge in [0, 0.05) is 5.41 Å². The third-order valence-electron chi connectivity index (χ3n) is 9.74. The Balaban J connectivity index is 1.70. The molecule has 0 amide bonds. The van der Waals surface area contributed by atoms with E-state index in [1.54, 1.807) is 5.56 Å². The minimum absolute atomic E-state index is 0.103. The Bertz CT molecular complexity index is 1560. The molecule has 0 radical (unpaired) electrons. The molecule has 0 saturated heterocycles. The van der Waals surface area contributed by atoms with Gasteiger partial charge in [-0.2, -0.15) is 0 Å². The molecule has 2 nitrogen and oxygen atoms in total. The summed E-state index contributed by atoms with van der Waals surface area (Å²) in [6, 6.07) is 18.8. The van der Waals surface area contributed by atoms with Crippen LogP contribution in [0.3, 0.4) is 0 Å². The van der Waals surface area contributed by atoms with Crippen LogP contribution in [0.4, 0.5) is 0 Å². The molecule has 2 aliphatic rings. The van der Waals surface area contributed by atoms with E-state index in [-0.39, 0.29) is 16.2 Å². The highest BCUT2D eigenvalue weighted by molar-refractivity contribution is 5.82. The lowest BCUT2D eigenvalue weighted by Crippen LogP contribution is -2.45. The van der Waals surface area contributed by atoms with E-state index < -0.39 is 0 Å². The molecule has 38 heavy (non-hydrogen) atoms. The first kappa shape index (κ1) is 25.4. The minimum Gasteiger partial charge on any atom is -0.292 e. The van der Waals surface area contributed by atoms with E-state index in [0.717, 1.165) is 0 Å². The first-order valence-corrected chi connectivity index (χ1v) is 14.6. The number of aromatic nitrogens is 2. The summed E-state index contributed by atoms with van der Waals surface area (Å²) < 4.78 is 4.69. The van der Waals surface area contributed by atoms with Crippen LogP contribution in [0, 0.1) is 6.33 Å². The predicted octanol–water partition coefficient (Wildman–Crippen LogP) is 8.94. The molecule has 0 bridgehead atoms. The SMILES string of the molecule is CC(C)c1cc(C(C)C)cc(-n2[c-][n+]3c4c(cccc42)C(C)(C)c2c-3ccc3c2C(C)(C)CCC3(C)C)c1. The van der Waals surface area contributed by atoms with Crippen molar-refractivity contribution in [2.75, 3.05) is 0 Å². The van der Waals surface area contributed by atoms with Crippen molar-refractivity contribution in [3.63, 3.8) is 0 Å². The van der Waals surface area contributed by atoms with Gasteiger partial charge >= 0.3 is 0 Å². The first-order chi connectivity index (χ1) is 17.7. The smallest absolute Gasteiger partial charge is 0.269 e. The van der Waals surface area contributed by atoms with Crippen molar-refractivity contribution < 1.29 is 4.57 Å². The third kappa shape index (κ3) is 3.48. The number of benzene rings is 3. The summed E-state index contributed by atoms with van der Waals surface area (Å²) in [5, 5.41) is 0. The van der Waals surface area contributed by atoms with Gasteiger partial charge in [0.05, 0.1) is 22.4 Å². The van der Waals surface area contributed by atoms with Crippen LogP contribution in [0.15, 0.2) is 48.5 Å². The van der Waals surface area contributed by atoms with Crippen LogP contribution in [0.2, 0.25) is 0 Å². The second-order valence-corrected chi connectivity index (χ2v) is 14.4. The zero-order chi connectivity index (χ0) is 27.4. The van der Waals surface area contributed by atoms with Crippen molar-refractivity contribution >= 4 is 11.0 Å². The predicted molar refractivity (Wildman–Crippen MR) is 159 cm³/mol. The maximum Gasteiger partial charge on any atom is 0.269 e. The number of nitrogens with zero attached hydrogens (tertiary/aromatic N) is 2. The van der Waals surface area contributed by atoms with Crippen LogP contribution < -0.4 is 4.57 Å². The molecule has 2 heteroatoms.